The van der Waals surface area contributed by atoms with Crippen LogP contribution < -0.4 is 5.32 Å². The highest BCUT2D eigenvalue weighted by Crippen LogP contribution is 2.21. The van der Waals surface area contributed by atoms with Crippen molar-refractivity contribution in [2.24, 2.45) is 5.92 Å². The minimum atomic E-state index is 0.290. The van der Waals surface area contributed by atoms with Gasteiger partial charge in [-0.05, 0) is 26.7 Å². The van der Waals surface area contributed by atoms with E-state index in [0.29, 0.717) is 5.54 Å². The number of nitrogens with zero attached hydrogens (tertiary/aromatic N) is 1. The zero-order valence-corrected chi connectivity index (χ0v) is 11.1. The molecule has 0 bridgehead atoms. The lowest BCUT2D eigenvalue weighted by Crippen LogP contribution is -2.59. The highest BCUT2D eigenvalue weighted by molar-refractivity contribution is 4.89. The van der Waals surface area contributed by atoms with E-state index in [2.05, 4.69) is 44.8 Å². The van der Waals surface area contributed by atoms with E-state index >= 15 is 0 Å². The fraction of sp³-hybridized carbons (Fsp3) is 1.00. The first-order chi connectivity index (χ1) is 7.00. The smallest absolute Gasteiger partial charge is 0.0252 e. The summed E-state index contributed by atoms with van der Waals surface area (Å²) < 4.78 is 0. The highest BCUT2D eigenvalue weighted by atomic mass is 15.2. The van der Waals surface area contributed by atoms with Crippen LogP contribution in [0.5, 0.6) is 0 Å². The standard InChI is InChI=1S/C13H28N2/c1-6-12(7-2)11(3)15-9-8-14-13(4,5)10-15/h11-12,14H,6-10H2,1-5H3. The second kappa shape index (κ2) is 5.31. The Hall–Kier alpha value is -0.0800. The summed E-state index contributed by atoms with van der Waals surface area (Å²) in [5, 5.41) is 3.58. The largest absolute Gasteiger partial charge is 0.309 e. The second-order valence-electron chi connectivity index (χ2n) is 5.60. The van der Waals surface area contributed by atoms with E-state index in [4.69, 9.17) is 0 Å². The van der Waals surface area contributed by atoms with Crippen LogP contribution in [0.4, 0.5) is 0 Å². The number of rotatable bonds is 4. The SMILES string of the molecule is CCC(CC)C(C)N1CCNC(C)(C)C1. The van der Waals surface area contributed by atoms with Gasteiger partial charge in [0.05, 0.1) is 0 Å². The average molecular weight is 212 g/mol. The quantitative estimate of drug-likeness (QED) is 0.770. The Morgan fingerprint density at radius 3 is 2.33 bits per heavy atom. The molecule has 0 amide bonds. The first kappa shape index (κ1) is 13.0. The minimum Gasteiger partial charge on any atom is -0.309 e. The molecule has 1 heterocycles. The van der Waals surface area contributed by atoms with Crippen LogP contribution in [0.3, 0.4) is 0 Å². The Kier molecular flexibility index (Phi) is 4.60. The van der Waals surface area contributed by atoms with Gasteiger partial charge in [-0.25, -0.2) is 0 Å². The van der Waals surface area contributed by atoms with Crippen LogP contribution in [-0.4, -0.2) is 36.1 Å². The molecule has 1 N–H and O–H groups in total. The van der Waals surface area contributed by atoms with Crippen LogP contribution in [0.15, 0.2) is 0 Å². The normalized spacial score (nSPS) is 24.4. The van der Waals surface area contributed by atoms with Gasteiger partial charge in [0.2, 0.25) is 0 Å². The molecule has 0 radical (unpaired) electrons. The first-order valence-corrected chi connectivity index (χ1v) is 6.49. The van der Waals surface area contributed by atoms with E-state index in [1.165, 1.54) is 25.9 Å². The molecule has 0 spiro atoms. The predicted octanol–water partition coefficient (Wildman–Crippen LogP) is 2.49. The Morgan fingerprint density at radius 1 is 1.27 bits per heavy atom. The van der Waals surface area contributed by atoms with E-state index in [1.807, 2.05) is 0 Å². The fourth-order valence-corrected chi connectivity index (χ4v) is 2.80. The van der Waals surface area contributed by atoms with Crippen molar-refractivity contribution in [2.45, 2.75) is 59.0 Å². The number of piperazine rings is 1. The molecule has 1 unspecified atom stereocenters. The van der Waals surface area contributed by atoms with E-state index in [-0.39, 0.29) is 0 Å². The fourth-order valence-electron chi connectivity index (χ4n) is 2.80. The highest BCUT2D eigenvalue weighted by Gasteiger charge is 2.30. The molecule has 0 aliphatic carbocycles. The molecule has 1 fully saturated rings. The van der Waals surface area contributed by atoms with E-state index in [1.54, 1.807) is 0 Å². The maximum Gasteiger partial charge on any atom is 0.0252 e. The van der Waals surface area contributed by atoms with Crippen LogP contribution in [0.25, 0.3) is 0 Å². The third kappa shape index (κ3) is 3.46. The van der Waals surface area contributed by atoms with Crippen LogP contribution >= 0.6 is 0 Å². The number of hydrogen-bond acceptors (Lipinski definition) is 2. The Morgan fingerprint density at radius 2 is 1.87 bits per heavy atom. The molecule has 1 saturated heterocycles. The van der Waals surface area contributed by atoms with Crippen LogP contribution in [0.1, 0.15) is 47.5 Å². The first-order valence-electron chi connectivity index (χ1n) is 6.49. The van der Waals surface area contributed by atoms with Gasteiger partial charge in [0, 0.05) is 31.2 Å². The van der Waals surface area contributed by atoms with Gasteiger partial charge in [-0.15, -0.1) is 0 Å². The van der Waals surface area contributed by atoms with Gasteiger partial charge in [-0.3, -0.25) is 4.90 Å². The average Bonchev–Trinajstić information content (AvgIpc) is 2.18. The van der Waals surface area contributed by atoms with Gasteiger partial charge >= 0.3 is 0 Å². The number of hydrogen-bond donors (Lipinski definition) is 1. The summed E-state index contributed by atoms with van der Waals surface area (Å²) in [4.78, 5) is 2.66. The molecular weight excluding hydrogens is 184 g/mol. The van der Waals surface area contributed by atoms with Crippen molar-refractivity contribution in [1.29, 1.82) is 0 Å². The summed E-state index contributed by atoms with van der Waals surface area (Å²) in [6.45, 7) is 15.2. The maximum atomic E-state index is 3.58. The molecule has 1 atom stereocenters. The van der Waals surface area contributed by atoms with Crippen molar-refractivity contribution in [3.8, 4) is 0 Å². The van der Waals surface area contributed by atoms with Crippen LogP contribution in [0, 0.1) is 5.92 Å². The molecule has 1 aliphatic heterocycles. The Balaban J connectivity index is 2.55. The maximum absolute atomic E-state index is 3.58. The zero-order chi connectivity index (χ0) is 11.5. The van der Waals surface area contributed by atoms with Gasteiger partial charge in [-0.1, -0.05) is 26.7 Å². The molecule has 0 aromatic heterocycles. The molecule has 2 nitrogen and oxygen atoms in total. The third-order valence-corrected chi connectivity index (χ3v) is 3.91. The lowest BCUT2D eigenvalue weighted by Gasteiger charge is -2.44. The lowest BCUT2D eigenvalue weighted by atomic mass is 9.91. The van der Waals surface area contributed by atoms with Crippen LogP contribution in [0.2, 0.25) is 0 Å². The van der Waals surface area contributed by atoms with Gasteiger partial charge < -0.3 is 5.32 Å². The van der Waals surface area contributed by atoms with Gasteiger partial charge in [0.25, 0.3) is 0 Å². The minimum absolute atomic E-state index is 0.290. The number of nitrogens with one attached hydrogen (secondary N) is 1. The summed E-state index contributed by atoms with van der Waals surface area (Å²) in [6, 6.07) is 0.737. The van der Waals surface area contributed by atoms with Crippen molar-refractivity contribution in [1.82, 2.24) is 10.2 Å². The molecule has 0 saturated carbocycles. The Bertz CT molecular complexity index is 185. The van der Waals surface area contributed by atoms with E-state index in [0.717, 1.165) is 18.5 Å². The zero-order valence-electron chi connectivity index (χ0n) is 11.1. The lowest BCUT2D eigenvalue weighted by molar-refractivity contribution is 0.0829. The molecule has 90 valence electrons. The molecular formula is C13H28N2. The van der Waals surface area contributed by atoms with Crippen molar-refractivity contribution < 1.29 is 0 Å². The van der Waals surface area contributed by atoms with Gasteiger partial charge in [0.1, 0.15) is 0 Å². The predicted molar refractivity (Wildman–Crippen MR) is 67.2 cm³/mol. The monoisotopic (exact) mass is 212 g/mol. The van der Waals surface area contributed by atoms with Crippen molar-refractivity contribution in [2.75, 3.05) is 19.6 Å². The molecule has 1 rings (SSSR count). The van der Waals surface area contributed by atoms with Gasteiger partial charge in [0.15, 0.2) is 0 Å². The van der Waals surface area contributed by atoms with E-state index < -0.39 is 0 Å². The molecule has 0 aromatic rings. The molecule has 15 heavy (non-hydrogen) atoms. The summed E-state index contributed by atoms with van der Waals surface area (Å²) >= 11 is 0. The summed E-state index contributed by atoms with van der Waals surface area (Å²) in [5.41, 5.74) is 0.290. The summed E-state index contributed by atoms with van der Waals surface area (Å²) in [5.74, 6) is 0.860. The van der Waals surface area contributed by atoms with Crippen molar-refractivity contribution >= 4 is 0 Å². The second-order valence-corrected chi connectivity index (χ2v) is 5.60. The van der Waals surface area contributed by atoms with E-state index in [9.17, 15) is 0 Å². The summed E-state index contributed by atoms with van der Waals surface area (Å²) in [6.07, 6.45) is 2.62. The molecule has 1 aliphatic rings. The summed E-state index contributed by atoms with van der Waals surface area (Å²) in [7, 11) is 0. The van der Waals surface area contributed by atoms with Crippen LogP contribution in [-0.2, 0) is 0 Å². The van der Waals surface area contributed by atoms with Gasteiger partial charge in [-0.2, -0.15) is 0 Å². The van der Waals surface area contributed by atoms with Crippen molar-refractivity contribution in [3.63, 3.8) is 0 Å². The topological polar surface area (TPSA) is 15.3 Å². The molecule has 0 aromatic carbocycles. The third-order valence-electron chi connectivity index (χ3n) is 3.91. The molecule has 2 heteroatoms. The Labute approximate surface area is 95.4 Å². The van der Waals surface area contributed by atoms with Crippen molar-refractivity contribution in [3.05, 3.63) is 0 Å².